The van der Waals surface area contributed by atoms with Crippen LogP contribution in [0, 0.1) is 10.1 Å². The van der Waals surface area contributed by atoms with Crippen LogP contribution in [0.5, 0.6) is 0 Å². The second kappa shape index (κ2) is 5.85. The number of fused-ring (bicyclic) bond motifs is 3. The number of carbonyl (C=O) groups is 1. The van der Waals surface area contributed by atoms with E-state index in [1.807, 2.05) is 18.2 Å². The fourth-order valence-corrected chi connectivity index (χ4v) is 3.25. The van der Waals surface area contributed by atoms with Crippen molar-refractivity contribution in [2.45, 2.75) is 19.5 Å². The number of halogens is 1. The lowest BCUT2D eigenvalue weighted by atomic mass is 10.0. The van der Waals surface area contributed by atoms with Gasteiger partial charge in [0.1, 0.15) is 6.54 Å². The van der Waals surface area contributed by atoms with E-state index >= 15 is 0 Å². The third-order valence-electron chi connectivity index (χ3n) is 4.27. The molecule has 0 spiro atoms. The van der Waals surface area contributed by atoms with Crippen molar-refractivity contribution in [2.24, 2.45) is 0 Å². The molecular weight excluding hydrogens is 348 g/mol. The van der Waals surface area contributed by atoms with Crippen molar-refractivity contribution in [3.63, 3.8) is 0 Å². The Morgan fingerprint density at radius 1 is 1.44 bits per heavy atom. The van der Waals surface area contributed by atoms with Gasteiger partial charge in [-0.3, -0.25) is 4.79 Å². The van der Waals surface area contributed by atoms with Crippen LogP contribution in [-0.4, -0.2) is 42.0 Å². The van der Waals surface area contributed by atoms with E-state index in [-0.39, 0.29) is 12.5 Å². The molecule has 0 fully saturated rings. The Morgan fingerprint density at radius 3 is 3.04 bits per heavy atom. The molecule has 0 saturated heterocycles. The zero-order valence-electron chi connectivity index (χ0n) is 13.0. The molecule has 0 bridgehead atoms. The topological polar surface area (TPSA) is 110 Å². The highest BCUT2D eigenvalue weighted by Gasteiger charge is 2.25. The Balaban J connectivity index is 1.54. The molecule has 0 radical (unpaired) electrons. The summed E-state index contributed by atoms with van der Waals surface area (Å²) in [6, 6.07) is 5.64. The molecule has 1 amide bonds. The monoisotopic (exact) mass is 360 g/mol. The minimum absolute atomic E-state index is 0.0840. The summed E-state index contributed by atoms with van der Waals surface area (Å²) in [5.74, 6) is -0.679. The molecule has 0 saturated carbocycles. The second-order valence-corrected chi connectivity index (χ2v) is 6.27. The van der Waals surface area contributed by atoms with Gasteiger partial charge in [-0.1, -0.05) is 16.6 Å². The Hall–Kier alpha value is -2.94. The van der Waals surface area contributed by atoms with Gasteiger partial charge in [-0.2, -0.15) is 4.68 Å². The van der Waals surface area contributed by atoms with Gasteiger partial charge in [-0.15, -0.1) is 0 Å². The van der Waals surface area contributed by atoms with E-state index in [4.69, 9.17) is 11.6 Å². The molecule has 3 aromatic rings. The van der Waals surface area contributed by atoms with Crippen LogP contribution < -0.4 is 0 Å². The summed E-state index contributed by atoms with van der Waals surface area (Å²) in [5, 5.41) is 16.0. The Morgan fingerprint density at radius 2 is 2.28 bits per heavy atom. The molecule has 1 aliphatic rings. The predicted octanol–water partition coefficient (Wildman–Crippen LogP) is 1.91. The number of hydrogen-bond acceptors (Lipinski definition) is 5. The summed E-state index contributed by atoms with van der Waals surface area (Å²) < 4.78 is 1.18. The molecule has 9 nitrogen and oxygen atoms in total. The zero-order valence-corrected chi connectivity index (χ0v) is 13.7. The fraction of sp³-hybridized carbons (Fsp3) is 0.267. The van der Waals surface area contributed by atoms with Gasteiger partial charge in [0.25, 0.3) is 0 Å². The average Bonchev–Trinajstić information content (AvgIpc) is 3.18. The smallest absolute Gasteiger partial charge is 0.390 e. The third kappa shape index (κ3) is 2.82. The van der Waals surface area contributed by atoms with E-state index in [0.717, 1.165) is 22.2 Å². The molecular formula is C15H13ClN6O3. The summed E-state index contributed by atoms with van der Waals surface area (Å²) in [6.45, 7) is 0.952. The quantitative estimate of drug-likeness (QED) is 0.566. The molecule has 2 aromatic heterocycles. The average molecular weight is 361 g/mol. The van der Waals surface area contributed by atoms with E-state index in [0.29, 0.717) is 24.5 Å². The maximum atomic E-state index is 12.5. The van der Waals surface area contributed by atoms with Crippen molar-refractivity contribution < 1.29 is 9.72 Å². The number of benzene rings is 1. The zero-order chi connectivity index (χ0) is 17.6. The Bertz CT molecular complexity index is 994. The number of nitrogens with one attached hydrogen (secondary N) is 1. The van der Waals surface area contributed by atoms with E-state index in [1.54, 1.807) is 4.90 Å². The Labute approximate surface area is 146 Å². The van der Waals surface area contributed by atoms with E-state index in [9.17, 15) is 14.9 Å². The number of nitrogens with zero attached hydrogens (tertiary/aromatic N) is 5. The van der Waals surface area contributed by atoms with Crippen molar-refractivity contribution >= 4 is 34.4 Å². The van der Waals surface area contributed by atoms with Gasteiger partial charge in [-0.05, 0) is 23.1 Å². The van der Waals surface area contributed by atoms with Gasteiger partial charge in [0.15, 0.2) is 0 Å². The molecule has 128 valence electrons. The first-order chi connectivity index (χ1) is 12.0. The first-order valence-corrected chi connectivity index (χ1v) is 7.99. The predicted molar refractivity (Wildman–Crippen MR) is 89.1 cm³/mol. The van der Waals surface area contributed by atoms with Crippen LogP contribution in [0.3, 0.4) is 0 Å². The van der Waals surface area contributed by atoms with Crippen molar-refractivity contribution in [1.82, 2.24) is 24.6 Å². The minimum atomic E-state index is -0.691. The van der Waals surface area contributed by atoms with Crippen LogP contribution >= 0.6 is 11.6 Å². The van der Waals surface area contributed by atoms with E-state index < -0.39 is 10.9 Å². The normalized spacial score (nSPS) is 13.9. The lowest BCUT2D eigenvalue weighted by Crippen LogP contribution is -2.38. The van der Waals surface area contributed by atoms with Gasteiger partial charge >= 0.3 is 5.95 Å². The molecule has 1 aromatic carbocycles. The van der Waals surface area contributed by atoms with Crippen molar-refractivity contribution in [1.29, 1.82) is 0 Å². The summed E-state index contributed by atoms with van der Waals surface area (Å²) >= 11 is 6.08. The first kappa shape index (κ1) is 15.6. The van der Waals surface area contributed by atoms with Gasteiger partial charge in [0.05, 0.1) is 0 Å². The first-order valence-electron chi connectivity index (χ1n) is 7.62. The number of carbonyl (C=O) groups excluding carboxylic acids is 1. The molecule has 4 rings (SSSR count). The number of amides is 1. The van der Waals surface area contributed by atoms with Crippen LogP contribution in [0.15, 0.2) is 24.5 Å². The summed E-state index contributed by atoms with van der Waals surface area (Å²) in [7, 11) is 0. The maximum absolute atomic E-state index is 12.5. The molecule has 10 heteroatoms. The largest absolute Gasteiger partial charge is 0.490 e. The maximum Gasteiger partial charge on any atom is 0.490 e. The number of rotatable bonds is 3. The highest BCUT2D eigenvalue weighted by molar-refractivity contribution is 6.31. The number of nitro groups is 1. The molecule has 1 aliphatic heterocycles. The lowest BCUT2D eigenvalue weighted by molar-refractivity contribution is -0.394. The number of aromatic amines is 1. The van der Waals surface area contributed by atoms with Crippen molar-refractivity contribution in [3.8, 4) is 0 Å². The van der Waals surface area contributed by atoms with Crippen LogP contribution in [0.25, 0.3) is 10.9 Å². The van der Waals surface area contributed by atoms with Crippen LogP contribution in [-0.2, 0) is 24.3 Å². The highest BCUT2D eigenvalue weighted by Crippen LogP contribution is 2.29. The van der Waals surface area contributed by atoms with E-state index in [2.05, 4.69) is 15.1 Å². The van der Waals surface area contributed by atoms with Gasteiger partial charge in [0, 0.05) is 51.8 Å². The minimum Gasteiger partial charge on any atom is -0.390 e. The summed E-state index contributed by atoms with van der Waals surface area (Å²) in [4.78, 5) is 31.1. The number of hydrogen-bond donors (Lipinski definition) is 1. The summed E-state index contributed by atoms with van der Waals surface area (Å²) in [6.07, 6.45) is 1.90. The van der Waals surface area contributed by atoms with Crippen LogP contribution in [0.1, 0.15) is 11.3 Å². The molecule has 0 atom stereocenters. The van der Waals surface area contributed by atoms with Crippen molar-refractivity contribution in [2.75, 3.05) is 6.54 Å². The fourth-order valence-electron chi connectivity index (χ4n) is 3.08. The number of H-pyrrole nitrogens is 1. The van der Waals surface area contributed by atoms with Gasteiger partial charge in [-0.25, -0.2) is 0 Å². The molecule has 0 aliphatic carbocycles. The second-order valence-electron chi connectivity index (χ2n) is 5.84. The molecule has 0 unspecified atom stereocenters. The molecule has 3 heterocycles. The van der Waals surface area contributed by atoms with E-state index in [1.165, 1.54) is 11.0 Å². The van der Waals surface area contributed by atoms with Crippen molar-refractivity contribution in [3.05, 3.63) is 50.9 Å². The Kier molecular flexibility index (Phi) is 3.65. The lowest BCUT2D eigenvalue weighted by Gasteiger charge is -2.27. The summed E-state index contributed by atoms with van der Waals surface area (Å²) in [5.41, 5.74) is 3.16. The SMILES string of the molecule is O=C(Cn1cnc([N+](=O)[O-])n1)N1CCc2[nH]c3ccc(Cl)cc3c2C1. The molecule has 25 heavy (non-hydrogen) atoms. The van der Waals surface area contributed by atoms with Crippen LogP contribution in [0.2, 0.25) is 5.02 Å². The number of aromatic nitrogens is 4. The van der Waals surface area contributed by atoms with Gasteiger partial charge in [0.2, 0.25) is 12.2 Å². The van der Waals surface area contributed by atoms with Crippen LogP contribution in [0.4, 0.5) is 5.95 Å². The highest BCUT2D eigenvalue weighted by atomic mass is 35.5. The third-order valence-corrected chi connectivity index (χ3v) is 4.51. The molecule has 1 N–H and O–H groups in total. The van der Waals surface area contributed by atoms with Gasteiger partial charge < -0.3 is 20.0 Å². The standard InChI is InChI=1S/C15H13ClN6O3/c16-9-1-2-12-10(5-9)11-6-20(4-3-13(11)18-12)14(23)7-21-8-17-15(19-21)22(24)25/h1-2,5,8,18H,3-4,6-7H2.